The molecule has 0 heterocycles. The van der Waals surface area contributed by atoms with Crippen LogP contribution in [-0.4, -0.2) is 38.1 Å². The van der Waals surface area contributed by atoms with Gasteiger partial charge in [0.25, 0.3) is 0 Å². The van der Waals surface area contributed by atoms with Gasteiger partial charge < -0.3 is 9.64 Å². The summed E-state index contributed by atoms with van der Waals surface area (Å²) >= 11 is 0. The number of ether oxygens (including phenoxy) is 1. The van der Waals surface area contributed by atoms with Gasteiger partial charge in [0.2, 0.25) is 0 Å². The second kappa shape index (κ2) is 10.1. The lowest BCUT2D eigenvalue weighted by Gasteiger charge is -2.21. The molecule has 0 aliphatic carbocycles. The Bertz CT molecular complexity index is 859. The number of esters is 1. The molecular formula is C23H26ClNO2. The molecule has 0 amide bonds. The zero-order valence-electron chi connectivity index (χ0n) is 15.8. The Morgan fingerprint density at radius 2 is 1.59 bits per heavy atom. The largest absolute Gasteiger partial charge is 0.461 e. The van der Waals surface area contributed by atoms with Gasteiger partial charge in [-0.2, -0.15) is 0 Å². The van der Waals surface area contributed by atoms with E-state index in [2.05, 4.69) is 61.5 Å². The van der Waals surface area contributed by atoms with Crippen LogP contribution in [0.2, 0.25) is 0 Å². The maximum atomic E-state index is 12.3. The van der Waals surface area contributed by atoms with Gasteiger partial charge in [-0.25, -0.2) is 4.79 Å². The number of benzene rings is 3. The van der Waals surface area contributed by atoms with Crippen LogP contribution in [0, 0.1) is 0 Å². The number of nitrogens with zero attached hydrogens (tertiary/aromatic N) is 1. The molecule has 142 valence electrons. The number of carbonyl (C=O) groups is 1. The smallest absolute Gasteiger partial charge is 0.338 e. The summed E-state index contributed by atoms with van der Waals surface area (Å²) in [5.74, 6) is -0.100. The highest BCUT2D eigenvalue weighted by Crippen LogP contribution is 2.28. The molecule has 3 aromatic carbocycles. The highest BCUT2D eigenvalue weighted by molar-refractivity contribution is 5.89. The predicted molar refractivity (Wildman–Crippen MR) is 114 cm³/mol. The number of fused-ring (bicyclic) bond motifs is 1. The highest BCUT2D eigenvalue weighted by Gasteiger charge is 2.18. The van der Waals surface area contributed by atoms with Crippen LogP contribution in [0.4, 0.5) is 0 Å². The molecule has 4 heteroatoms. The second-order valence-corrected chi connectivity index (χ2v) is 6.82. The molecule has 0 aromatic heterocycles. The maximum absolute atomic E-state index is 12.3. The Labute approximate surface area is 167 Å². The van der Waals surface area contributed by atoms with Gasteiger partial charge in [0.1, 0.15) is 0 Å². The van der Waals surface area contributed by atoms with Crippen molar-refractivity contribution in [2.75, 3.05) is 27.2 Å². The fourth-order valence-corrected chi connectivity index (χ4v) is 3.18. The van der Waals surface area contributed by atoms with Gasteiger partial charge in [0, 0.05) is 5.92 Å². The van der Waals surface area contributed by atoms with E-state index in [-0.39, 0.29) is 24.3 Å². The average molecular weight is 384 g/mol. The highest BCUT2D eigenvalue weighted by atomic mass is 35.5. The predicted octanol–water partition coefficient (Wildman–Crippen LogP) is 5.15. The number of hydrogen-bond donors (Lipinski definition) is 0. The Hall–Kier alpha value is -2.36. The third kappa shape index (κ3) is 5.56. The van der Waals surface area contributed by atoms with Crippen LogP contribution in [0.15, 0.2) is 72.8 Å². The van der Waals surface area contributed by atoms with Gasteiger partial charge in [0.15, 0.2) is 0 Å². The minimum atomic E-state index is -0.263. The van der Waals surface area contributed by atoms with Crippen LogP contribution >= 0.6 is 12.4 Å². The summed E-state index contributed by atoms with van der Waals surface area (Å²) in [6.45, 7) is 1.33. The van der Waals surface area contributed by atoms with Crippen molar-refractivity contribution in [2.24, 2.45) is 0 Å². The number of hydrogen-bond acceptors (Lipinski definition) is 3. The molecule has 3 aromatic rings. The van der Waals surface area contributed by atoms with Crippen LogP contribution in [0.3, 0.4) is 0 Å². The van der Waals surface area contributed by atoms with Crippen LogP contribution in [0.1, 0.15) is 28.3 Å². The van der Waals surface area contributed by atoms with Crippen molar-refractivity contribution in [3.05, 3.63) is 83.9 Å². The standard InChI is InChI=1S/C23H25NO2.ClH/c1-24(2)16-15-20(17-26-23(25)19-10-4-3-5-11-19)22-14-8-12-18-9-6-7-13-21(18)22;/h3-14,20H,15-17H2,1-2H3;1H. The number of carbonyl (C=O) groups excluding carboxylic acids is 1. The van der Waals surface area contributed by atoms with Crippen LogP contribution < -0.4 is 0 Å². The van der Waals surface area contributed by atoms with E-state index in [0.717, 1.165) is 13.0 Å². The van der Waals surface area contributed by atoms with Gasteiger partial charge in [-0.05, 0) is 55.5 Å². The van der Waals surface area contributed by atoms with Crippen molar-refractivity contribution in [2.45, 2.75) is 12.3 Å². The first-order valence-electron chi connectivity index (χ1n) is 8.99. The van der Waals surface area contributed by atoms with Crippen molar-refractivity contribution in [1.29, 1.82) is 0 Å². The molecule has 0 radical (unpaired) electrons. The molecule has 27 heavy (non-hydrogen) atoms. The zero-order valence-corrected chi connectivity index (χ0v) is 16.6. The van der Waals surface area contributed by atoms with Crippen LogP contribution in [0.25, 0.3) is 10.8 Å². The molecule has 0 N–H and O–H groups in total. The molecule has 0 saturated carbocycles. The SMILES string of the molecule is CN(C)CCC(COC(=O)c1ccccc1)c1cccc2ccccc12.Cl. The minimum absolute atomic E-state index is 0. The number of halogens is 1. The fraction of sp³-hybridized carbons (Fsp3) is 0.261. The monoisotopic (exact) mass is 383 g/mol. The van der Waals surface area contributed by atoms with E-state index < -0.39 is 0 Å². The first-order chi connectivity index (χ1) is 12.6. The van der Waals surface area contributed by atoms with E-state index in [1.807, 2.05) is 18.2 Å². The van der Waals surface area contributed by atoms with Gasteiger partial charge in [-0.1, -0.05) is 60.7 Å². The summed E-state index contributed by atoms with van der Waals surface area (Å²) in [5, 5.41) is 2.45. The molecule has 1 unspecified atom stereocenters. The molecule has 0 saturated heterocycles. The molecule has 3 nitrogen and oxygen atoms in total. The molecule has 3 rings (SSSR count). The molecule has 1 atom stereocenters. The Balaban J connectivity index is 0.00000261. The Morgan fingerprint density at radius 1 is 0.926 bits per heavy atom. The normalized spacial score (nSPS) is 11.8. The first-order valence-corrected chi connectivity index (χ1v) is 8.99. The van der Waals surface area contributed by atoms with E-state index in [4.69, 9.17) is 4.74 Å². The van der Waals surface area contributed by atoms with Gasteiger partial charge in [-0.15, -0.1) is 12.4 Å². The average Bonchev–Trinajstić information content (AvgIpc) is 2.68. The van der Waals surface area contributed by atoms with Gasteiger partial charge in [0.05, 0.1) is 12.2 Å². The molecule has 0 spiro atoms. The van der Waals surface area contributed by atoms with Crippen molar-refractivity contribution in [3.63, 3.8) is 0 Å². The molecular weight excluding hydrogens is 358 g/mol. The van der Waals surface area contributed by atoms with Crippen LogP contribution in [-0.2, 0) is 4.74 Å². The Kier molecular flexibility index (Phi) is 7.83. The van der Waals surface area contributed by atoms with Gasteiger partial charge in [-0.3, -0.25) is 0 Å². The summed E-state index contributed by atoms with van der Waals surface area (Å²) in [7, 11) is 4.13. The van der Waals surface area contributed by atoms with E-state index >= 15 is 0 Å². The first kappa shape index (κ1) is 20.9. The van der Waals surface area contributed by atoms with E-state index in [0.29, 0.717) is 12.2 Å². The second-order valence-electron chi connectivity index (χ2n) is 6.82. The van der Waals surface area contributed by atoms with Crippen molar-refractivity contribution in [3.8, 4) is 0 Å². The Morgan fingerprint density at radius 3 is 2.33 bits per heavy atom. The summed E-state index contributed by atoms with van der Waals surface area (Å²) in [6.07, 6.45) is 0.934. The summed E-state index contributed by atoms with van der Waals surface area (Å²) in [6, 6.07) is 23.9. The lowest BCUT2D eigenvalue weighted by atomic mass is 9.91. The lowest BCUT2D eigenvalue weighted by molar-refractivity contribution is 0.0473. The van der Waals surface area contributed by atoms with E-state index in [1.165, 1.54) is 16.3 Å². The summed E-state index contributed by atoms with van der Waals surface area (Å²) in [5.41, 5.74) is 1.84. The van der Waals surface area contributed by atoms with Crippen molar-refractivity contribution in [1.82, 2.24) is 4.90 Å². The van der Waals surface area contributed by atoms with E-state index in [1.54, 1.807) is 12.1 Å². The lowest BCUT2D eigenvalue weighted by Crippen LogP contribution is -2.20. The van der Waals surface area contributed by atoms with E-state index in [9.17, 15) is 4.79 Å². The van der Waals surface area contributed by atoms with Crippen molar-refractivity contribution >= 4 is 29.1 Å². The summed E-state index contributed by atoms with van der Waals surface area (Å²) in [4.78, 5) is 14.5. The quantitative estimate of drug-likeness (QED) is 0.528. The van der Waals surface area contributed by atoms with Crippen molar-refractivity contribution < 1.29 is 9.53 Å². The molecule has 0 fully saturated rings. The maximum Gasteiger partial charge on any atom is 0.338 e. The minimum Gasteiger partial charge on any atom is -0.461 e. The topological polar surface area (TPSA) is 29.5 Å². The van der Waals surface area contributed by atoms with Gasteiger partial charge >= 0.3 is 5.97 Å². The molecule has 0 aliphatic heterocycles. The third-order valence-electron chi connectivity index (χ3n) is 4.61. The number of rotatable bonds is 7. The molecule has 0 bridgehead atoms. The third-order valence-corrected chi connectivity index (χ3v) is 4.61. The fourth-order valence-electron chi connectivity index (χ4n) is 3.18. The molecule has 0 aliphatic rings. The summed E-state index contributed by atoms with van der Waals surface area (Å²) < 4.78 is 5.67. The van der Waals surface area contributed by atoms with Crippen LogP contribution in [0.5, 0.6) is 0 Å². The zero-order chi connectivity index (χ0) is 18.4.